The van der Waals surface area contributed by atoms with E-state index in [2.05, 4.69) is 0 Å². The third-order valence-electron chi connectivity index (χ3n) is 2.02. The molecule has 2 aromatic carbocycles. The molecule has 0 aliphatic rings. The molecule has 0 amide bonds. The van der Waals surface area contributed by atoms with Gasteiger partial charge in [0.25, 0.3) is 0 Å². The minimum absolute atomic E-state index is 0.0967. The van der Waals surface area contributed by atoms with Crippen molar-refractivity contribution in [3.8, 4) is 0 Å². The summed E-state index contributed by atoms with van der Waals surface area (Å²) >= 11 is 0. The summed E-state index contributed by atoms with van der Waals surface area (Å²) in [5.74, 6) is 0. The minimum Gasteiger partial charge on any atom is -0.396 e. The van der Waals surface area contributed by atoms with Gasteiger partial charge >= 0.3 is 0 Å². The first-order valence-corrected chi connectivity index (χ1v) is 4.06. The Morgan fingerprint density at radius 2 is 1.62 bits per heavy atom. The van der Waals surface area contributed by atoms with Gasteiger partial charge in [-0.05, 0) is 11.5 Å². The summed E-state index contributed by atoms with van der Waals surface area (Å²) in [6.45, 7) is 0. The molecule has 0 bridgehead atoms. The average Bonchev–Trinajstić information content (AvgIpc) is 2.29. The van der Waals surface area contributed by atoms with E-state index in [0.717, 1.165) is 5.39 Å². The second-order valence-electron chi connectivity index (χ2n) is 2.90. The van der Waals surface area contributed by atoms with Crippen molar-refractivity contribution in [3.05, 3.63) is 52.7 Å². The van der Waals surface area contributed by atoms with Crippen LogP contribution in [0.4, 0.5) is 5.69 Å². The van der Waals surface area contributed by atoms with Crippen molar-refractivity contribution in [3.63, 3.8) is 0 Å². The van der Waals surface area contributed by atoms with E-state index in [1.165, 1.54) is 0 Å². The van der Waals surface area contributed by atoms with Crippen molar-refractivity contribution in [1.82, 2.24) is 0 Å². The first-order chi connectivity index (χ1) is 6.29. The van der Waals surface area contributed by atoms with Crippen molar-refractivity contribution >= 4 is 16.5 Å². The third kappa shape index (κ3) is 1.26. The van der Waals surface area contributed by atoms with E-state index in [1.54, 1.807) is 18.2 Å². The molecule has 0 aliphatic heterocycles. The van der Waals surface area contributed by atoms with E-state index < -0.39 is 0 Å². The molecule has 0 heterocycles. The smallest absolute Gasteiger partial charge is 0.209 e. The molecule has 64 valence electrons. The van der Waals surface area contributed by atoms with Gasteiger partial charge in [0.2, 0.25) is 5.43 Å². The van der Waals surface area contributed by atoms with Gasteiger partial charge in [0.1, 0.15) is 0 Å². The molecule has 13 heavy (non-hydrogen) atoms. The van der Waals surface area contributed by atoms with Crippen LogP contribution in [-0.4, -0.2) is 0 Å². The van der Waals surface area contributed by atoms with Crippen LogP contribution in [-0.2, 0) is 0 Å². The number of hydrogen-bond donors (Lipinski definition) is 1. The Morgan fingerprint density at radius 1 is 0.923 bits per heavy atom. The molecule has 2 heteroatoms. The molecule has 0 spiro atoms. The monoisotopic (exact) mass is 171 g/mol. The summed E-state index contributed by atoms with van der Waals surface area (Å²) in [5.41, 5.74) is 5.75. The molecule has 0 saturated heterocycles. The van der Waals surface area contributed by atoms with Crippen LogP contribution in [0, 0.1) is 0 Å². The van der Waals surface area contributed by atoms with E-state index in [1.807, 2.05) is 24.3 Å². The van der Waals surface area contributed by atoms with Crippen molar-refractivity contribution in [2.45, 2.75) is 0 Å². The van der Waals surface area contributed by atoms with Crippen molar-refractivity contribution in [2.24, 2.45) is 0 Å². The Bertz CT molecular complexity index is 505. The van der Waals surface area contributed by atoms with Crippen LogP contribution < -0.4 is 11.2 Å². The number of rotatable bonds is 0. The summed E-state index contributed by atoms with van der Waals surface area (Å²) in [4.78, 5) is 11.6. The van der Waals surface area contributed by atoms with Gasteiger partial charge in [0.15, 0.2) is 0 Å². The first-order valence-electron chi connectivity index (χ1n) is 4.06. The fraction of sp³-hybridized carbons (Fsp3) is 0. The summed E-state index contributed by atoms with van der Waals surface area (Å²) in [6.07, 6.45) is 0. The van der Waals surface area contributed by atoms with Gasteiger partial charge in [-0.15, -0.1) is 0 Å². The Hall–Kier alpha value is -1.83. The van der Waals surface area contributed by atoms with Gasteiger partial charge in [-0.3, -0.25) is 4.79 Å². The largest absolute Gasteiger partial charge is 0.396 e. The van der Waals surface area contributed by atoms with Gasteiger partial charge in [-0.2, -0.15) is 0 Å². The van der Waals surface area contributed by atoms with Gasteiger partial charge in [-0.1, -0.05) is 36.4 Å². The predicted octanol–water partition coefficient (Wildman–Crippen LogP) is 1.78. The Morgan fingerprint density at radius 3 is 2.46 bits per heavy atom. The predicted molar refractivity (Wildman–Crippen MR) is 54.6 cm³/mol. The van der Waals surface area contributed by atoms with Gasteiger partial charge in [0.05, 0.1) is 5.69 Å². The summed E-state index contributed by atoms with van der Waals surface area (Å²) < 4.78 is 0. The summed E-state index contributed by atoms with van der Waals surface area (Å²) in [7, 11) is 0. The molecule has 0 saturated carbocycles. The van der Waals surface area contributed by atoms with Crippen LogP contribution in [0.2, 0.25) is 0 Å². The molecule has 0 radical (unpaired) electrons. The maximum absolute atomic E-state index is 11.6. The lowest BCUT2D eigenvalue weighted by Gasteiger charge is -1.88. The zero-order valence-electron chi connectivity index (χ0n) is 7.03. The lowest BCUT2D eigenvalue weighted by atomic mass is 10.2. The van der Waals surface area contributed by atoms with E-state index in [-0.39, 0.29) is 5.43 Å². The SMILES string of the molecule is Nc1cccc2ccccc2c1=O. The standard InChI is InChI=1S/C11H9NO/c12-10-7-3-5-8-4-1-2-6-9(8)11(10)13/h1-7H,(H2,12,13). The maximum Gasteiger partial charge on any atom is 0.209 e. The van der Waals surface area contributed by atoms with Crippen LogP contribution in [0.25, 0.3) is 10.8 Å². The number of nitrogen functional groups attached to an aromatic ring is 1. The van der Waals surface area contributed by atoms with Gasteiger partial charge < -0.3 is 5.73 Å². The molecule has 0 fully saturated rings. The quantitative estimate of drug-likeness (QED) is 0.656. The molecule has 2 rings (SSSR count). The lowest BCUT2D eigenvalue weighted by molar-refractivity contribution is 1.69. The molecule has 2 nitrogen and oxygen atoms in total. The minimum atomic E-state index is -0.0967. The zero-order valence-corrected chi connectivity index (χ0v) is 7.03. The van der Waals surface area contributed by atoms with E-state index in [9.17, 15) is 4.79 Å². The maximum atomic E-state index is 11.6. The molecule has 0 aromatic heterocycles. The Balaban J connectivity index is 3.06. The topological polar surface area (TPSA) is 43.1 Å². The van der Waals surface area contributed by atoms with E-state index in [4.69, 9.17) is 5.73 Å². The van der Waals surface area contributed by atoms with Gasteiger partial charge in [0, 0.05) is 5.39 Å². The number of fused-ring (bicyclic) bond motifs is 1. The number of anilines is 1. The number of hydrogen-bond acceptors (Lipinski definition) is 2. The number of benzene rings is 1. The summed E-state index contributed by atoms with van der Waals surface area (Å²) in [5, 5.41) is 1.59. The zero-order chi connectivity index (χ0) is 9.26. The highest BCUT2D eigenvalue weighted by Gasteiger charge is 1.96. The summed E-state index contributed by atoms with van der Waals surface area (Å²) in [6, 6.07) is 12.7. The fourth-order valence-corrected chi connectivity index (χ4v) is 1.34. The van der Waals surface area contributed by atoms with Crippen molar-refractivity contribution in [1.29, 1.82) is 0 Å². The normalized spacial score (nSPS) is 10.2. The second-order valence-corrected chi connectivity index (χ2v) is 2.90. The van der Waals surface area contributed by atoms with Crippen LogP contribution in [0.15, 0.2) is 47.3 Å². The fourth-order valence-electron chi connectivity index (χ4n) is 1.34. The second kappa shape index (κ2) is 2.90. The van der Waals surface area contributed by atoms with Crippen LogP contribution >= 0.6 is 0 Å². The Kier molecular flexibility index (Phi) is 1.74. The molecule has 0 unspecified atom stereocenters. The van der Waals surface area contributed by atoms with Crippen LogP contribution in [0.1, 0.15) is 0 Å². The van der Waals surface area contributed by atoms with Crippen molar-refractivity contribution in [2.75, 3.05) is 5.73 Å². The highest BCUT2D eigenvalue weighted by atomic mass is 16.1. The lowest BCUT2D eigenvalue weighted by Crippen LogP contribution is -2.04. The molecule has 0 atom stereocenters. The van der Waals surface area contributed by atoms with Gasteiger partial charge in [-0.25, -0.2) is 0 Å². The van der Waals surface area contributed by atoms with Crippen molar-refractivity contribution < 1.29 is 0 Å². The molecule has 2 N–H and O–H groups in total. The number of nitrogens with two attached hydrogens (primary N) is 1. The van der Waals surface area contributed by atoms with E-state index >= 15 is 0 Å². The first kappa shape index (κ1) is 7.80. The molecular weight excluding hydrogens is 162 g/mol. The molecule has 0 aliphatic carbocycles. The highest BCUT2D eigenvalue weighted by Crippen LogP contribution is 2.08. The van der Waals surface area contributed by atoms with E-state index in [0.29, 0.717) is 11.1 Å². The average molecular weight is 171 g/mol. The van der Waals surface area contributed by atoms with Crippen LogP contribution in [0.3, 0.4) is 0 Å². The Labute approximate surface area is 75.6 Å². The third-order valence-corrected chi connectivity index (χ3v) is 2.02. The van der Waals surface area contributed by atoms with Crippen LogP contribution in [0.5, 0.6) is 0 Å². The molecule has 2 aromatic rings. The molecular formula is C11H9NO. The highest BCUT2D eigenvalue weighted by molar-refractivity contribution is 5.83.